The topological polar surface area (TPSA) is 66.5 Å². The molecule has 0 saturated heterocycles. The average Bonchev–Trinajstić information content (AvgIpc) is 2.82. The summed E-state index contributed by atoms with van der Waals surface area (Å²) in [6.45, 7) is 0.129. The number of nitrogens with zero attached hydrogens (tertiary/aromatic N) is 1. The maximum atomic E-state index is 12.3. The molecule has 1 N–H and O–H groups in total. The molecule has 0 atom stereocenters. The van der Waals surface area contributed by atoms with Crippen molar-refractivity contribution in [2.45, 2.75) is 6.42 Å². The molecule has 5 nitrogen and oxygen atoms in total. The Bertz CT molecular complexity index is 805. The van der Waals surface area contributed by atoms with E-state index in [4.69, 9.17) is 11.6 Å². The van der Waals surface area contributed by atoms with Crippen LogP contribution in [0.1, 0.15) is 26.3 Å². The predicted octanol–water partition coefficient (Wildman–Crippen LogP) is 2.29. The van der Waals surface area contributed by atoms with E-state index >= 15 is 0 Å². The van der Waals surface area contributed by atoms with E-state index in [1.165, 1.54) is 6.07 Å². The lowest BCUT2D eigenvalue weighted by molar-refractivity contribution is -0.121. The van der Waals surface area contributed by atoms with Crippen LogP contribution in [-0.4, -0.2) is 35.7 Å². The van der Waals surface area contributed by atoms with Gasteiger partial charge in [0.1, 0.15) is 6.54 Å². The van der Waals surface area contributed by atoms with Gasteiger partial charge in [-0.3, -0.25) is 19.3 Å². The van der Waals surface area contributed by atoms with Crippen LogP contribution in [0.2, 0.25) is 5.02 Å². The van der Waals surface area contributed by atoms with Crippen molar-refractivity contribution < 1.29 is 14.4 Å². The average molecular weight is 343 g/mol. The van der Waals surface area contributed by atoms with Gasteiger partial charge in [-0.25, -0.2) is 0 Å². The van der Waals surface area contributed by atoms with Crippen molar-refractivity contribution in [3.05, 3.63) is 70.2 Å². The lowest BCUT2D eigenvalue weighted by Gasteiger charge is -2.13. The molecule has 2 aromatic rings. The summed E-state index contributed by atoms with van der Waals surface area (Å²) in [7, 11) is 0. The number of hydrogen-bond acceptors (Lipinski definition) is 3. The summed E-state index contributed by atoms with van der Waals surface area (Å²) in [6, 6.07) is 14.4. The van der Waals surface area contributed by atoms with Crippen LogP contribution in [0.4, 0.5) is 0 Å². The van der Waals surface area contributed by atoms with Crippen LogP contribution in [0.25, 0.3) is 0 Å². The number of carbonyl (C=O) groups excluding carboxylic acids is 3. The van der Waals surface area contributed by atoms with Gasteiger partial charge in [0.25, 0.3) is 11.8 Å². The Morgan fingerprint density at radius 2 is 1.75 bits per heavy atom. The van der Waals surface area contributed by atoms with Crippen molar-refractivity contribution in [2.24, 2.45) is 0 Å². The summed E-state index contributed by atoms with van der Waals surface area (Å²) >= 11 is 5.98. The van der Waals surface area contributed by atoms with Crippen LogP contribution in [-0.2, 0) is 11.2 Å². The van der Waals surface area contributed by atoms with Crippen LogP contribution in [0.5, 0.6) is 0 Å². The SMILES string of the molecule is O=C(CN1C(=O)c2cccc(Cl)c2C1=O)NCCc1ccccc1. The fraction of sp³-hybridized carbons (Fsp3) is 0.167. The molecule has 24 heavy (non-hydrogen) atoms. The maximum Gasteiger partial charge on any atom is 0.263 e. The van der Waals surface area contributed by atoms with Gasteiger partial charge >= 0.3 is 0 Å². The second-order valence-electron chi connectivity index (χ2n) is 5.44. The number of benzene rings is 2. The molecule has 1 aliphatic heterocycles. The van der Waals surface area contributed by atoms with Gasteiger partial charge in [0.2, 0.25) is 5.91 Å². The number of nitrogens with one attached hydrogen (secondary N) is 1. The minimum absolute atomic E-state index is 0.168. The monoisotopic (exact) mass is 342 g/mol. The highest BCUT2D eigenvalue weighted by Gasteiger charge is 2.38. The highest BCUT2D eigenvalue weighted by atomic mass is 35.5. The first-order chi connectivity index (χ1) is 11.6. The molecule has 0 radical (unpaired) electrons. The number of imide groups is 1. The van der Waals surface area contributed by atoms with Gasteiger partial charge in [0.05, 0.1) is 16.1 Å². The molecule has 2 aromatic carbocycles. The minimum atomic E-state index is -0.529. The van der Waals surface area contributed by atoms with Gasteiger partial charge in [0, 0.05) is 6.54 Å². The van der Waals surface area contributed by atoms with E-state index in [0.29, 0.717) is 13.0 Å². The van der Waals surface area contributed by atoms with Crippen molar-refractivity contribution in [3.63, 3.8) is 0 Å². The zero-order chi connectivity index (χ0) is 17.1. The summed E-state index contributed by atoms with van der Waals surface area (Å²) in [4.78, 5) is 37.5. The zero-order valence-electron chi connectivity index (χ0n) is 12.8. The van der Waals surface area contributed by atoms with Gasteiger partial charge in [-0.15, -0.1) is 0 Å². The number of rotatable bonds is 5. The molecule has 0 fully saturated rings. The molecule has 122 valence electrons. The van der Waals surface area contributed by atoms with Gasteiger partial charge in [0.15, 0.2) is 0 Å². The van der Waals surface area contributed by atoms with Crippen molar-refractivity contribution in [1.29, 1.82) is 0 Å². The van der Waals surface area contributed by atoms with Crippen LogP contribution < -0.4 is 5.32 Å². The fourth-order valence-electron chi connectivity index (χ4n) is 2.63. The second kappa shape index (κ2) is 6.84. The number of fused-ring (bicyclic) bond motifs is 1. The number of amides is 3. The summed E-state index contributed by atoms with van der Waals surface area (Å²) in [5.74, 6) is -1.40. The molecule has 0 unspecified atom stereocenters. The quantitative estimate of drug-likeness (QED) is 0.848. The van der Waals surface area contributed by atoms with E-state index in [9.17, 15) is 14.4 Å². The molecular formula is C18H15ClN2O3. The van der Waals surface area contributed by atoms with E-state index in [-0.39, 0.29) is 28.6 Å². The third-order valence-electron chi connectivity index (χ3n) is 3.83. The van der Waals surface area contributed by atoms with Crippen LogP contribution in [0, 0.1) is 0 Å². The molecule has 0 spiro atoms. The van der Waals surface area contributed by atoms with Gasteiger partial charge in [-0.05, 0) is 24.1 Å². The van der Waals surface area contributed by atoms with E-state index in [1.807, 2.05) is 30.3 Å². The third kappa shape index (κ3) is 3.16. The summed E-state index contributed by atoms with van der Waals surface area (Å²) in [5, 5.41) is 2.94. The standard InChI is InChI=1S/C18H15ClN2O3/c19-14-8-4-7-13-16(14)18(24)21(17(13)23)11-15(22)20-10-9-12-5-2-1-3-6-12/h1-8H,9-11H2,(H,20,22). The van der Waals surface area contributed by atoms with E-state index in [2.05, 4.69) is 5.32 Å². The smallest absolute Gasteiger partial charge is 0.263 e. The highest BCUT2D eigenvalue weighted by molar-refractivity contribution is 6.37. The van der Waals surface area contributed by atoms with E-state index in [0.717, 1.165) is 10.5 Å². The first-order valence-corrected chi connectivity index (χ1v) is 7.91. The molecular weight excluding hydrogens is 328 g/mol. The van der Waals surface area contributed by atoms with Crippen molar-refractivity contribution in [2.75, 3.05) is 13.1 Å². The molecule has 6 heteroatoms. The molecule has 1 aliphatic rings. The summed E-state index contributed by atoms with van der Waals surface area (Å²) in [6.07, 6.45) is 0.681. The van der Waals surface area contributed by atoms with Crippen LogP contribution >= 0.6 is 11.6 Å². The predicted molar refractivity (Wildman–Crippen MR) is 90.0 cm³/mol. The maximum absolute atomic E-state index is 12.3. The number of halogens is 1. The van der Waals surface area contributed by atoms with E-state index in [1.54, 1.807) is 12.1 Å². The van der Waals surface area contributed by atoms with E-state index < -0.39 is 11.8 Å². The Morgan fingerprint density at radius 3 is 2.46 bits per heavy atom. The molecule has 1 heterocycles. The molecule has 0 aromatic heterocycles. The molecule has 0 aliphatic carbocycles. The highest BCUT2D eigenvalue weighted by Crippen LogP contribution is 2.28. The molecule has 3 amide bonds. The Kier molecular flexibility index (Phi) is 4.62. The Labute approximate surface area is 144 Å². The van der Waals surface area contributed by atoms with Crippen molar-refractivity contribution in [1.82, 2.24) is 10.2 Å². The minimum Gasteiger partial charge on any atom is -0.354 e. The summed E-state index contributed by atoms with van der Waals surface area (Å²) < 4.78 is 0. The first-order valence-electron chi connectivity index (χ1n) is 7.53. The van der Waals surface area contributed by atoms with Gasteiger partial charge < -0.3 is 5.32 Å². The molecule has 0 saturated carbocycles. The second-order valence-corrected chi connectivity index (χ2v) is 5.85. The Hall–Kier alpha value is -2.66. The largest absolute Gasteiger partial charge is 0.354 e. The Morgan fingerprint density at radius 1 is 1.00 bits per heavy atom. The number of hydrogen-bond donors (Lipinski definition) is 1. The van der Waals surface area contributed by atoms with Gasteiger partial charge in [-0.1, -0.05) is 48.0 Å². The van der Waals surface area contributed by atoms with Crippen LogP contribution in [0.3, 0.4) is 0 Å². The fourth-order valence-corrected chi connectivity index (χ4v) is 2.88. The molecule has 0 bridgehead atoms. The normalized spacial score (nSPS) is 13.1. The van der Waals surface area contributed by atoms with Crippen molar-refractivity contribution >= 4 is 29.3 Å². The number of carbonyl (C=O) groups is 3. The lowest BCUT2D eigenvalue weighted by atomic mass is 10.1. The Balaban J connectivity index is 1.59. The van der Waals surface area contributed by atoms with Crippen LogP contribution in [0.15, 0.2) is 48.5 Å². The van der Waals surface area contributed by atoms with Gasteiger partial charge in [-0.2, -0.15) is 0 Å². The molecule has 3 rings (SSSR count). The first kappa shape index (κ1) is 16.2. The zero-order valence-corrected chi connectivity index (χ0v) is 13.5. The lowest BCUT2D eigenvalue weighted by Crippen LogP contribution is -2.40. The summed E-state index contributed by atoms with van der Waals surface area (Å²) in [5.41, 5.74) is 1.51. The third-order valence-corrected chi connectivity index (χ3v) is 4.14. The van der Waals surface area contributed by atoms with Crippen molar-refractivity contribution in [3.8, 4) is 0 Å².